The van der Waals surface area contributed by atoms with Gasteiger partial charge in [-0.2, -0.15) is 5.26 Å². The number of hydrogen-bond donors (Lipinski definition) is 1. The van der Waals surface area contributed by atoms with E-state index in [1.54, 1.807) is 12.1 Å². The molecule has 0 radical (unpaired) electrons. The molecule has 1 aliphatic rings. The first-order valence-electron chi connectivity index (χ1n) is 9.18. The van der Waals surface area contributed by atoms with Gasteiger partial charge in [-0.25, -0.2) is 0 Å². The van der Waals surface area contributed by atoms with Crippen LogP contribution in [0.5, 0.6) is 5.75 Å². The second kappa shape index (κ2) is 8.53. The van der Waals surface area contributed by atoms with E-state index in [1.165, 1.54) is 19.3 Å². The summed E-state index contributed by atoms with van der Waals surface area (Å²) in [6, 6.07) is 17.5. The summed E-state index contributed by atoms with van der Waals surface area (Å²) in [6.45, 7) is 2.24. The van der Waals surface area contributed by atoms with Gasteiger partial charge in [0, 0.05) is 6.04 Å². The van der Waals surface area contributed by atoms with Crippen molar-refractivity contribution in [1.82, 2.24) is 5.32 Å². The van der Waals surface area contributed by atoms with Crippen LogP contribution in [0.25, 0.3) is 11.1 Å². The van der Waals surface area contributed by atoms with E-state index < -0.39 is 0 Å². The van der Waals surface area contributed by atoms with Gasteiger partial charge in [0.1, 0.15) is 5.75 Å². The van der Waals surface area contributed by atoms with E-state index in [2.05, 4.69) is 18.3 Å². The standard InChI is InChI=1S/C22H24N2O2/c1-16-4-2-3-5-21(16)24-22(25)15-26-20-12-10-19(11-13-20)18-8-6-17(14-23)7-9-18/h6-13,16,21H,2-5,15H2,1H3,(H,24,25)/t16-,21+/m0/s1. The van der Waals surface area contributed by atoms with Crippen LogP contribution < -0.4 is 10.1 Å². The molecular formula is C22H24N2O2. The Labute approximate surface area is 154 Å². The third kappa shape index (κ3) is 4.64. The minimum Gasteiger partial charge on any atom is -0.484 e. The summed E-state index contributed by atoms with van der Waals surface area (Å²) < 4.78 is 5.62. The number of hydrogen-bond acceptors (Lipinski definition) is 3. The van der Waals surface area contributed by atoms with Gasteiger partial charge < -0.3 is 10.1 Å². The van der Waals surface area contributed by atoms with Gasteiger partial charge in [-0.15, -0.1) is 0 Å². The number of carbonyl (C=O) groups excluding carboxylic acids is 1. The van der Waals surface area contributed by atoms with Crippen LogP contribution in [0, 0.1) is 17.2 Å². The zero-order valence-electron chi connectivity index (χ0n) is 15.1. The van der Waals surface area contributed by atoms with E-state index in [9.17, 15) is 4.79 Å². The Balaban J connectivity index is 1.52. The van der Waals surface area contributed by atoms with E-state index >= 15 is 0 Å². The fourth-order valence-electron chi connectivity index (χ4n) is 3.41. The molecular weight excluding hydrogens is 324 g/mol. The first-order chi connectivity index (χ1) is 12.7. The molecule has 4 heteroatoms. The van der Waals surface area contributed by atoms with E-state index in [0.29, 0.717) is 17.2 Å². The van der Waals surface area contributed by atoms with Gasteiger partial charge >= 0.3 is 0 Å². The maximum absolute atomic E-state index is 12.1. The molecule has 2 aromatic carbocycles. The van der Waals surface area contributed by atoms with Crippen molar-refractivity contribution in [3.63, 3.8) is 0 Å². The molecule has 1 N–H and O–H groups in total. The lowest BCUT2D eigenvalue weighted by Crippen LogP contribution is -2.43. The Morgan fingerprint density at radius 2 is 1.69 bits per heavy atom. The van der Waals surface area contributed by atoms with E-state index in [-0.39, 0.29) is 18.6 Å². The van der Waals surface area contributed by atoms with Gasteiger partial charge in [-0.05, 0) is 54.2 Å². The Morgan fingerprint density at radius 1 is 1.08 bits per heavy atom. The first kappa shape index (κ1) is 18.0. The maximum Gasteiger partial charge on any atom is 0.258 e. The molecule has 134 valence electrons. The molecule has 2 atom stereocenters. The number of nitriles is 1. The lowest BCUT2D eigenvalue weighted by molar-refractivity contribution is -0.124. The van der Waals surface area contributed by atoms with Gasteiger partial charge in [0.2, 0.25) is 0 Å². The lowest BCUT2D eigenvalue weighted by atomic mass is 9.86. The number of rotatable bonds is 5. The van der Waals surface area contributed by atoms with Crippen molar-refractivity contribution in [1.29, 1.82) is 5.26 Å². The molecule has 0 heterocycles. The molecule has 1 saturated carbocycles. The van der Waals surface area contributed by atoms with Gasteiger partial charge in [0.15, 0.2) is 6.61 Å². The van der Waals surface area contributed by atoms with Crippen LogP contribution in [0.4, 0.5) is 0 Å². The molecule has 0 spiro atoms. The molecule has 0 aromatic heterocycles. The zero-order chi connectivity index (χ0) is 18.4. The molecule has 1 fully saturated rings. The fraction of sp³-hybridized carbons (Fsp3) is 0.364. The summed E-state index contributed by atoms with van der Waals surface area (Å²) in [5.41, 5.74) is 2.73. The number of benzene rings is 2. The van der Waals surface area contributed by atoms with Crippen molar-refractivity contribution in [3.8, 4) is 22.9 Å². The average Bonchev–Trinajstić information content (AvgIpc) is 2.69. The number of nitrogens with one attached hydrogen (secondary N) is 1. The van der Waals surface area contributed by atoms with Crippen LogP contribution >= 0.6 is 0 Å². The van der Waals surface area contributed by atoms with Gasteiger partial charge in [-0.3, -0.25) is 4.79 Å². The van der Waals surface area contributed by atoms with Crippen LogP contribution in [-0.2, 0) is 4.79 Å². The summed E-state index contributed by atoms with van der Waals surface area (Å²) in [6.07, 6.45) is 4.69. The molecule has 0 unspecified atom stereocenters. The van der Waals surface area contributed by atoms with E-state index in [1.807, 2.05) is 36.4 Å². The van der Waals surface area contributed by atoms with Crippen LogP contribution in [0.2, 0.25) is 0 Å². The van der Waals surface area contributed by atoms with Gasteiger partial charge in [0.05, 0.1) is 11.6 Å². The molecule has 0 saturated heterocycles. The quantitative estimate of drug-likeness (QED) is 0.876. The average molecular weight is 348 g/mol. The Bertz CT molecular complexity index is 775. The summed E-state index contributed by atoms with van der Waals surface area (Å²) >= 11 is 0. The monoisotopic (exact) mass is 348 g/mol. The highest BCUT2D eigenvalue weighted by molar-refractivity contribution is 5.78. The Kier molecular flexibility index (Phi) is 5.91. The topological polar surface area (TPSA) is 62.1 Å². The van der Waals surface area contributed by atoms with Crippen LogP contribution in [-0.4, -0.2) is 18.6 Å². The Morgan fingerprint density at radius 3 is 2.31 bits per heavy atom. The number of ether oxygens (including phenoxy) is 1. The van der Waals surface area contributed by atoms with Gasteiger partial charge in [0.25, 0.3) is 5.91 Å². The summed E-state index contributed by atoms with van der Waals surface area (Å²) in [5.74, 6) is 1.16. The SMILES string of the molecule is C[C@H]1CCCC[C@H]1NC(=O)COc1ccc(-c2ccc(C#N)cc2)cc1. The predicted octanol–water partition coefficient (Wildman–Crippen LogP) is 4.30. The Hall–Kier alpha value is -2.80. The van der Waals surface area contributed by atoms with Crippen molar-refractivity contribution < 1.29 is 9.53 Å². The normalized spacial score (nSPS) is 19.4. The second-order valence-corrected chi connectivity index (χ2v) is 6.94. The molecule has 0 aliphatic heterocycles. The zero-order valence-corrected chi connectivity index (χ0v) is 15.1. The summed E-state index contributed by atoms with van der Waals surface area (Å²) in [7, 11) is 0. The molecule has 3 rings (SSSR count). The number of carbonyl (C=O) groups is 1. The minimum atomic E-state index is -0.0556. The van der Waals surface area contributed by atoms with Crippen molar-refractivity contribution in [2.75, 3.05) is 6.61 Å². The smallest absolute Gasteiger partial charge is 0.258 e. The molecule has 0 bridgehead atoms. The van der Waals surface area contributed by atoms with Gasteiger partial charge in [-0.1, -0.05) is 44.0 Å². The highest BCUT2D eigenvalue weighted by Gasteiger charge is 2.22. The second-order valence-electron chi connectivity index (χ2n) is 6.94. The molecule has 26 heavy (non-hydrogen) atoms. The highest BCUT2D eigenvalue weighted by atomic mass is 16.5. The molecule has 1 amide bonds. The summed E-state index contributed by atoms with van der Waals surface area (Å²) in [4.78, 5) is 12.1. The van der Waals surface area contributed by atoms with Crippen LogP contribution in [0.1, 0.15) is 38.2 Å². The third-order valence-electron chi connectivity index (χ3n) is 5.03. The number of amides is 1. The largest absolute Gasteiger partial charge is 0.484 e. The molecule has 4 nitrogen and oxygen atoms in total. The predicted molar refractivity (Wildman–Crippen MR) is 102 cm³/mol. The maximum atomic E-state index is 12.1. The van der Waals surface area contributed by atoms with Crippen molar-refractivity contribution >= 4 is 5.91 Å². The van der Waals surface area contributed by atoms with Crippen molar-refractivity contribution in [2.24, 2.45) is 5.92 Å². The van der Waals surface area contributed by atoms with Crippen LogP contribution in [0.15, 0.2) is 48.5 Å². The van der Waals surface area contributed by atoms with E-state index in [0.717, 1.165) is 17.5 Å². The highest BCUT2D eigenvalue weighted by Crippen LogP contribution is 2.24. The van der Waals surface area contributed by atoms with Crippen molar-refractivity contribution in [3.05, 3.63) is 54.1 Å². The molecule has 1 aliphatic carbocycles. The van der Waals surface area contributed by atoms with E-state index in [4.69, 9.17) is 10.00 Å². The first-order valence-corrected chi connectivity index (χ1v) is 9.18. The van der Waals surface area contributed by atoms with Crippen LogP contribution in [0.3, 0.4) is 0 Å². The fourth-order valence-corrected chi connectivity index (χ4v) is 3.41. The minimum absolute atomic E-state index is 0.0411. The molecule has 2 aromatic rings. The third-order valence-corrected chi connectivity index (χ3v) is 5.03. The van der Waals surface area contributed by atoms with Crippen molar-refractivity contribution in [2.45, 2.75) is 38.6 Å². The number of nitrogens with zero attached hydrogens (tertiary/aromatic N) is 1. The summed E-state index contributed by atoms with van der Waals surface area (Å²) in [5, 5.41) is 12.0. The lowest BCUT2D eigenvalue weighted by Gasteiger charge is -2.29.